The van der Waals surface area contributed by atoms with Crippen molar-refractivity contribution >= 4 is 5.91 Å². The Bertz CT molecular complexity index is 667. The Hall–Kier alpha value is -2.33. The highest BCUT2D eigenvalue weighted by atomic mass is 16.5. The Kier molecular flexibility index (Phi) is 6.46. The van der Waals surface area contributed by atoms with E-state index in [1.165, 1.54) is 12.8 Å². The summed E-state index contributed by atoms with van der Waals surface area (Å²) in [5, 5.41) is 6.38. The van der Waals surface area contributed by atoms with Crippen molar-refractivity contribution < 1.29 is 9.53 Å². The number of hydrogen-bond donors (Lipinski definition) is 2. The largest absolute Gasteiger partial charge is 0.457 e. The first-order chi connectivity index (χ1) is 12.3. The van der Waals surface area contributed by atoms with Crippen molar-refractivity contribution in [2.45, 2.75) is 32.2 Å². The minimum atomic E-state index is 0.132. The zero-order valence-corrected chi connectivity index (χ0v) is 14.5. The highest BCUT2D eigenvalue weighted by Crippen LogP contribution is 2.22. The predicted octanol–water partition coefficient (Wildman–Crippen LogP) is 3.87. The number of benzene rings is 2. The van der Waals surface area contributed by atoms with Crippen LogP contribution in [0.15, 0.2) is 54.6 Å². The fraction of sp³-hybridized carbons (Fsp3) is 0.381. The molecule has 2 aromatic rings. The molecule has 0 aliphatic carbocycles. The first-order valence-electron chi connectivity index (χ1n) is 9.09. The van der Waals surface area contributed by atoms with Gasteiger partial charge in [0.15, 0.2) is 0 Å². The van der Waals surface area contributed by atoms with Gasteiger partial charge in [-0.05, 0) is 68.1 Å². The highest BCUT2D eigenvalue weighted by molar-refractivity contribution is 5.75. The summed E-state index contributed by atoms with van der Waals surface area (Å²) < 4.78 is 5.83. The van der Waals surface area contributed by atoms with E-state index in [-0.39, 0.29) is 5.91 Å². The van der Waals surface area contributed by atoms with Gasteiger partial charge in [0.2, 0.25) is 5.91 Å². The molecule has 0 bridgehead atoms. The van der Waals surface area contributed by atoms with Gasteiger partial charge in [0, 0.05) is 13.0 Å². The van der Waals surface area contributed by atoms with Crippen LogP contribution >= 0.6 is 0 Å². The normalized spacial score (nSPS) is 14.9. The molecule has 0 spiro atoms. The van der Waals surface area contributed by atoms with E-state index in [0.29, 0.717) is 18.9 Å². The third-order valence-electron chi connectivity index (χ3n) is 4.61. The van der Waals surface area contributed by atoms with Crippen molar-refractivity contribution in [2.75, 3.05) is 13.1 Å². The summed E-state index contributed by atoms with van der Waals surface area (Å²) in [5.41, 5.74) is 1.05. The van der Waals surface area contributed by atoms with Crippen LogP contribution in [0.5, 0.6) is 11.5 Å². The van der Waals surface area contributed by atoms with E-state index in [2.05, 4.69) is 10.6 Å². The van der Waals surface area contributed by atoms with Crippen LogP contribution in [0.25, 0.3) is 0 Å². The van der Waals surface area contributed by atoms with E-state index in [1.807, 2.05) is 54.6 Å². The standard InChI is InChI=1S/C21H26N2O2/c24-21(10-9-17-11-13-22-14-12-17)23-16-18-5-4-8-20(15-18)25-19-6-2-1-3-7-19/h1-8,15,17,22H,9-14,16H2,(H,23,24). The Morgan fingerprint density at radius 1 is 1.04 bits per heavy atom. The molecule has 0 aromatic heterocycles. The van der Waals surface area contributed by atoms with Crippen molar-refractivity contribution in [3.63, 3.8) is 0 Å². The molecule has 132 valence electrons. The quantitative estimate of drug-likeness (QED) is 0.805. The zero-order valence-electron chi connectivity index (χ0n) is 14.5. The van der Waals surface area contributed by atoms with E-state index < -0.39 is 0 Å². The maximum Gasteiger partial charge on any atom is 0.220 e. The number of ether oxygens (including phenoxy) is 1. The van der Waals surface area contributed by atoms with Crippen LogP contribution in [0.4, 0.5) is 0 Å². The first-order valence-corrected chi connectivity index (χ1v) is 9.09. The van der Waals surface area contributed by atoms with Gasteiger partial charge in [-0.1, -0.05) is 30.3 Å². The number of carbonyl (C=O) groups excluding carboxylic acids is 1. The predicted molar refractivity (Wildman–Crippen MR) is 99.6 cm³/mol. The van der Waals surface area contributed by atoms with E-state index in [4.69, 9.17) is 4.74 Å². The van der Waals surface area contributed by atoms with Crippen molar-refractivity contribution in [1.29, 1.82) is 0 Å². The molecule has 1 aliphatic heterocycles. The number of amides is 1. The van der Waals surface area contributed by atoms with Crippen LogP contribution in [0.2, 0.25) is 0 Å². The lowest BCUT2D eigenvalue weighted by Gasteiger charge is -2.22. The molecule has 1 aliphatic rings. The van der Waals surface area contributed by atoms with E-state index >= 15 is 0 Å². The van der Waals surface area contributed by atoms with Crippen molar-refractivity contribution in [3.8, 4) is 11.5 Å². The third kappa shape index (κ3) is 5.91. The van der Waals surface area contributed by atoms with Gasteiger partial charge >= 0.3 is 0 Å². The molecule has 1 saturated heterocycles. The van der Waals surface area contributed by atoms with Crippen molar-refractivity contribution in [2.24, 2.45) is 5.92 Å². The fourth-order valence-corrected chi connectivity index (χ4v) is 3.14. The fourth-order valence-electron chi connectivity index (χ4n) is 3.14. The summed E-state index contributed by atoms with van der Waals surface area (Å²) >= 11 is 0. The van der Waals surface area contributed by atoms with Gasteiger partial charge in [0.25, 0.3) is 0 Å². The van der Waals surface area contributed by atoms with Gasteiger partial charge in [-0.2, -0.15) is 0 Å². The Morgan fingerprint density at radius 2 is 1.80 bits per heavy atom. The second-order valence-electron chi connectivity index (χ2n) is 6.57. The van der Waals surface area contributed by atoms with Gasteiger partial charge in [-0.15, -0.1) is 0 Å². The molecule has 1 fully saturated rings. The second-order valence-corrected chi connectivity index (χ2v) is 6.57. The molecule has 4 heteroatoms. The third-order valence-corrected chi connectivity index (χ3v) is 4.61. The molecule has 2 aromatic carbocycles. The Balaban J connectivity index is 1.44. The summed E-state index contributed by atoms with van der Waals surface area (Å²) in [5.74, 6) is 2.42. The van der Waals surface area contributed by atoms with Crippen molar-refractivity contribution in [3.05, 3.63) is 60.2 Å². The summed E-state index contributed by atoms with van der Waals surface area (Å²) in [6, 6.07) is 17.6. The van der Waals surface area contributed by atoms with E-state index in [9.17, 15) is 4.79 Å². The Labute approximate surface area is 149 Å². The number of nitrogens with one attached hydrogen (secondary N) is 2. The minimum Gasteiger partial charge on any atom is -0.457 e. The van der Waals surface area contributed by atoms with Gasteiger partial charge in [0.1, 0.15) is 11.5 Å². The molecule has 0 unspecified atom stereocenters. The maximum absolute atomic E-state index is 12.1. The second kappa shape index (κ2) is 9.23. The monoisotopic (exact) mass is 338 g/mol. The van der Waals surface area contributed by atoms with E-state index in [0.717, 1.165) is 36.6 Å². The number of para-hydroxylation sites is 1. The van der Waals surface area contributed by atoms with Crippen LogP contribution in [0, 0.1) is 5.92 Å². The average molecular weight is 338 g/mol. The van der Waals surface area contributed by atoms with Crippen LogP contribution < -0.4 is 15.4 Å². The molecule has 1 heterocycles. The topological polar surface area (TPSA) is 50.4 Å². The molecule has 3 rings (SSSR count). The Morgan fingerprint density at radius 3 is 2.60 bits per heavy atom. The van der Waals surface area contributed by atoms with Crippen LogP contribution in [-0.2, 0) is 11.3 Å². The minimum absolute atomic E-state index is 0.132. The van der Waals surface area contributed by atoms with Crippen LogP contribution in [0.3, 0.4) is 0 Å². The zero-order chi connectivity index (χ0) is 17.3. The van der Waals surface area contributed by atoms with E-state index in [1.54, 1.807) is 0 Å². The molecule has 4 nitrogen and oxygen atoms in total. The lowest BCUT2D eigenvalue weighted by molar-refractivity contribution is -0.121. The molecule has 1 amide bonds. The maximum atomic E-state index is 12.1. The summed E-state index contributed by atoms with van der Waals surface area (Å²) in [6.07, 6.45) is 3.98. The van der Waals surface area contributed by atoms with Crippen LogP contribution in [0.1, 0.15) is 31.2 Å². The highest BCUT2D eigenvalue weighted by Gasteiger charge is 2.14. The number of rotatable bonds is 7. The summed E-state index contributed by atoms with van der Waals surface area (Å²) in [7, 11) is 0. The summed E-state index contributed by atoms with van der Waals surface area (Å²) in [4.78, 5) is 12.1. The molecule has 0 radical (unpaired) electrons. The van der Waals surface area contributed by atoms with Gasteiger partial charge < -0.3 is 15.4 Å². The molecule has 0 saturated carbocycles. The van der Waals surface area contributed by atoms with Gasteiger partial charge in [-0.3, -0.25) is 4.79 Å². The number of piperidine rings is 1. The number of carbonyl (C=O) groups is 1. The summed E-state index contributed by atoms with van der Waals surface area (Å²) in [6.45, 7) is 2.71. The van der Waals surface area contributed by atoms with Crippen LogP contribution in [-0.4, -0.2) is 19.0 Å². The lowest BCUT2D eigenvalue weighted by atomic mass is 9.93. The first kappa shape index (κ1) is 17.5. The smallest absolute Gasteiger partial charge is 0.220 e. The van der Waals surface area contributed by atoms with Crippen molar-refractivity contribution in [1.82, 2.24) is 10.6 Å². The van der Waals surface area contributed by atoms with Gasteiger partial charge in [0.05, 0.1) is 0 Å². The molecule has 0 atom stereocenters. The lowest BCUT2D eigenvalue weighted by Crippen LogP contribution is -2.29. The number of hydrogen-bond acceptors (Lipinski definition) is 3. The molecule has 2 N–H and O–H groups in total. The average Bonchev–Trinajstić information content (AvgIpc) is 2.67. The van der Waals surface area contributed by atoms with Gasteiger partial charge in [-0.25, -0.2) is 0 Å². The molecule has 25 heavy (non-hydrogen) atoms. The SMILES string of the molecule is O=C(CCC1CCNCC1)NCc1cccc(Oc2ccccc2)c1. The molecular formula is C21H26N2O2. The molecular weight excluding hydrogens is 312 g/mol.